The van der Waals surface area contributed by atoms with Gasteiger partial charge in [0.15, 0.2) is 0 Å². The van der Waals surface area contributed by atoms with Gasteiger partial charge in [-0.25, -0.2) is 4.98 Å². The molecule has 1 heterocycles. The van der Waals surface area contributed by atoms with Crippen molar-refractivity contribution in [2.45, 2.75) is 49.3 Å². The third kappa shape index (κ3) is 3.87. The summed E-state index contributed by atoms with van der Waals surface area (Å²) >= 11 is 3.80. The number of aryl methyl sites for hydroxylation is 1. The molecule has 2 aromatic rings. The maximum atomic E-state index is 4.88. The molecule has 1 N–H and O–H groups in total. The third-order valence-electron chi connectivity index (χ3n) is 3.74. The van der Waals surface area contributed by atoms with Crippen LogP contribution < -0.4 is 5.32 Å². The number of thioether (sulfide) groups is 1. The molecule has 0 saturated heterocycles. The highest BCUT2D eigenvalue weighted by atomic mass is 32.2. The number of aromatic nitrogens is 1. The average molecular weight is 319 g/mol. The Morgan fingerprint density at radius 1 is 1.33 bits per heavy atom. The summed E-state index contributed by atoms with van der Waals surface area (Å²) in [6.45, 7) is 3.33. The summed E-state index contributed by atoms with van der Waals surface area (Å²) in [5.41, 5.74) is 1.35. The van der Waals surface area contributed by atoms with Gasteiger partial charge in [-0.05, 0) is 44.4 Å². The van der Waals surface area contributed by atoms with E-state index in [4.69, 9.17) is 4.98 Å². The van der Waals surface area contributed by atoms with Crippen LogP contribution in [0, 0.1) is 0 Å². The van der Waals surface area contributed by atoms with Crippen molar-refractivity contribution in [1.29, 1.82) is 0 Å². The summed E-state index contributed by atoms with van der Waals surface area (Å²) in [4.78, 5) is 7.71. The van der Waals surface area contributed by atoms with Crippen LogP contribution in [0.5, 0.6) is 0 Å². The van der Waals surface area contributed by atoms with Crippen molar-refractivity contribution in [1.82, 2.24) is 10.3 Å². The van der Waals surface area contributed by atoms with Crippen LogP contribution in [0.1, 0.15) is 47.8 Å². The highest BCUT2D eigenvalue weighted by Gasteiger charge is 2.23. The van der Waals surface area contributed by atoms with E-state index in [2.05, 4.69) is 42.6 Å². The second-order valence-corrected chi connectivity index (χ2v) is 7.58. The van der Waals surface area contributed by atoms with Gasteiger partial charge in [0.1, 0.15) is 5.01 Å². The molecule has 1 aliphatic rings. The van der Waals surface area contributed by atoms with Gasteiger partial charge in [-0.2, -0.15) is 0 Å². The van der Waals surface area contributed by atoms with Gasteiger partial charge in [-0.15, -0.1) is 23.1 Å². The number of hydrogen-bond acceptors (Lipinski definition) is 4. The number of nitrogens with one attached hydrogen (secondary N) is 1. The molecule has 1 aliphatic carbocycles. The summed E-state index contributed by atoms with van der Waals surface area (Å²) in [5.74, 6) is 0.988. The first kappa shape index (κ1) is 15.1. The highest BCUT2D eigenvalue weighted by Crippen LogP contribution is 2.36. The Balaban J connectivity index is 1.66. The zero-order valence-corrected chi connectivity index (χ0v) is 14.1. The lowest BCUT2D eigenvalue weighted by molar-refractivity contribution is 0.464. The van der Waals surface area contributed by atoms with E-state index in [1.807, 2.05) is 23.1 Å². The molecule has 0 saturated carbocycles. The standard InChI is InChI=1S/C17H22N2S2/c1-2-11-18-14-9-6-10-15-17(14)21-16(19-15)12-20-13-7-4-3-5-8-13/h3-5,7-8,14,18H,2,6,9-12H2,1H3. The van der Waals surface area contributed by atoms with Crippen LogP contribution in [-0.2, 0) is 12.2 Å². The lowest BCUT2D eigenvalue weighted by atomic mass is 9.98. The van der Waals surface area contributed by atoms with E-state index in [0.29, 0.717) is 6.04 Å². The second-order valence-electron chi connectivity index (χ2n) is 5.42. The summed E-state index contributed by atoms with van der Waals surface area (Å²) in [7, 11) is 0. The Morgan fingerprint density at radius 2 is 2.19 bits per heavy atom. The van der Waals surface area contributed by atoms with E-state index in [1.54, 1.807) is 0 Å². The van der Waals surface area contributed by atoms with E-state index in [9.17, 15) is 0 Å². The van der Waals surface area contributed by atoms with Crippen LogP contribution >= 0.6 is 23.1 Å². The Hall–Kier alpha value is -0.840. The monoisotopic (exact) mass is 318 g/mol. The van der Waals surface area contributed by atoms with Gasteiger partial charge in [0.2, 0.25) is 0 Å². The zero-order chi connectivity index (χ0) is 14.5. The predicted molar refractivity (Wildman–Crippen MR) is 92.1 cm³/mol. The summed E-state index contributed by atoms with van der Waals surface area (Å²) in [6.07, 6.45) is 4.89. The van der Waals surface area contributed by atoms with Crippen molar-refractivity contribution in [2.24, 2.45) is 0 Å². The maximum Gasteiger partial charge on any atom is 0.103 e. The molecule has 1 aromatic heterocycles. The fourth-order valence-electron chi connectivity index (χ4n) is 2.71. The van der Waals surface area contributed by atoms with Gasteiger partial charge in [0.05, 0.1) is 11.4 Å². The zero-order valence-electron chi connectivity index (χ0n) is 12.5. The van der Waals surface area contributed by atoms with E-state index in [-0.39, 0.29) is 0 Å². The van der Waals surface area contributed by atoms with Crippen LogP contribution in [-0.4, -0.2) is 11.5 Å². The lowest BCUT2D eigenvalue weighted by Crippen LogP contribution is -2.24. The summed E-state index contributed by atoms with van der Waals surface area (Å²) < 4.78 is 0. The van der Waals surface area contributed by atoms with Crippen molar-refractivity contribution in [3.8, 4) is 0 Å². The van der Waals surface area contributed by atoms with Gasteiger partial charge in [-0.3, -0.25) is 0 Å². The minimum absolute atomic E-state index is 0.543. The van der Waals surface area contributed by atoms with Crippen molar-refractivity contribution in [2.75, 3.05) is 6.54 Å². The first-order valence-electron chi connectivity index (χ1n) is 7.76. The number of fused-ring (bicyclic) bond motifs is 1. The molecule has 0 spiro atoms. The van der Waals surface area contributed by atoms with Crippen LogP contribution in [0.4, 0.5) is 0 Å². The molecule has 0 aliphatic heterocycles. The largest absolute Gasteiger partial charge is 0.309 e. The topological polar surface area (TPSA) is 24.9 Å². The lowest BCUT2D eigenvalue weighted by Gasteiger charge is -2.22. The van der Waals surface area contributed by atoms with Gasteiger partial charge >= 0.3 is 0 Å². The smallest absolute Gasteiger partial charge is 0.103 e. The number of thiazole rings is 1. The normalized spacial score (nSPS) is 17.7. The Morgan fingerprint density at radius 3 is 3.00 bits per heavy atom. The maximum absolute atomic E-state index is 4.88. The van der Waals surface area contributed by atoms with E-state index in [1.165, 1.54) is 39.7 Å². The first-order chi connectivity index (χ1) is 10.4. The molecular weight excluding hydrogens is 296 g/mol. The molecule has 3 rings (SSSR count). The molecule has 0 amide bonds. The van der Waals surface area contributed by atoms with Crippen LogP contribution in [0.25, 0.3) is 0 Å². The molecular formula is C17H22N2S2. The van der Waals surface area contributed by atoms with Crippen molar-refractivity contribution in [3.63, 3.8) is 0 Å². The number of rotatable bonds is 6. The van der Waals surface area contributed by atoms with E-state index < -0.39 is 0 Å². The highest BCUT2D eigenvalue weighted by molar-refractivity contribution is 7.98. The van der Waals surface area contributed by atoms with Crippen molar-refractivity contribution >= 4 is 23.1 Å². The van der Waals surface area contributed by atoms with Crippen molar-refractivity contribution < 1.29 is 0 Å². The van der Waals surface area contributed by atoms with E-state index in [0.717, 1.165) is 18.7 Å². The molecule has 1 atom stereocenters. The third-order valence-corrected chi connectivity index (χ3v) is 6.16. The van der Waals surface area contributed by atoms with Crippen LogP contribution in [0.2, 0.25) is 0 Å². The van der Waals surface area contributed by atoms with Crippen molar-refractivity contribution in [3.05, 3.63) is 45.9 Å². The van der Waals surface area contributed by atoms with Gasteiger partial charge in [0.25, 0.3) is 0 Å². The molecule has 0 bridgehead atoms. The van der Waals surface area contributed by atoms with Crippen LogP contribution in [0.3, 0.4) is 0 Å². The van der Waals surface area contributed by atoms with Gasteiger partial charge in [-0.1, -0.05) is 25.1 Å². The number of nitrogens with zero attached hydrogens (tertiary/aromatic N) is 1. The minimum atomic E-state index is 0.543. The molecule has 0 fully saturated rings. The molecule has 4 heteroatoms. The quantitative estimate of drug-likeness (QED) is 0.774. The molecule has 1 aromatic carbocycles. The Kier molecular flexibility index (Phi) is 5.33. The molecule has 0 radical (unpaired) electrons. The first-order valence-corrected chi connectivity index (χ1v) is 9.56. The second kappa shape index (κ2) is 7.43. The van der Waals surface area contributed by atoms with E-state index >= 15 is 0 Å². The van der Waals surface area contributed by atoms with Crippen LogP contribution in [0.15, 0.2) is 35.2 Å². The summed E-state index contributed by atoms with van der Waals surface area (Å²) in [6, 6.07) is 11.1. The fraction of sp³-hybridized carbons (Fsp3) is 0.471. The summed E-state index contributed by atoms with van der Waals surface area (Å²) in [5, 5.41) is 4.96. The Labute approximate surface area is 135 Å². The fourth-order valence-corrected chi connectivity index (χ4v) is 4.84. The van der Waals surface area contributed by atoms with Gasteiger partial charge < -0.3 is 5.32 Å². The average Bonchev–Trinajstić information content (AvgIpc) is 2.95. The SMILES string of the molecule is CCCNC1CCCc2nc(CSc3ccccc3)sc21. The molecule has 112 valence electrons. The number of hydrogen-bond donors (Lipinski definition) is 1. The minimum Gasteiger partial charge on any atom is -0.309 e. The molecule has 2 nitrogen and oxygen atoms in total. The predicted octanol–water partition coefficient (Wildman–Crippen LogP) is 4.81. The van der Waals surface area contributed by atoms with Gasteiger partial charge in [0, 0.05) is 15.8 Å². The molecule has 1 unspecified atom stereocenters. The number of benzene rings is 1. The Bertz CT molecular complexity index is 565. The molecule has 21 heavy (non-hydrogen) atoms.